The third-order valence-corrected chi connectivity index (χ3v) is 5.67. The van der Waals surface area contributed by atoms with Crippen molar-refractivity contribution in [1.82, 2.24) is 9.97 Å². The summed E-state index contributed by atoms with van der Waals surface area (Å²) >= 11 is 0. The van der Waals surface area contributed by atoms with Crippen molar-refractivity contribution >= 4 is 23.1 Å². The molecule has 0 saturated heterocycles. The van der Waals surface area contributed by atoms with E-state index in [9.17, 15) is 13.2 Å². The third kappa shape index (κ3) is 6.40. The quantitative estimate of drug-likeness (QED) is 0.357. The first-order valence-electron chi connectivity index (χ1n) is 11.6. The lowest BCUT2D eigenvalue weighted by Crippen LogP contribution is -2.13. The molecule has 34 heavy (non-hydrogen) atoms. The molecule has 0 spiro atoms. The largest absolute Gasteiger partial charge is 0.490 e. The molecule has 2 aromatic carbocycles. The van der Waals surface area contributed by atoms with Crippen molar-refractivity contribution in [3.05, 3.63) is 65.9 Å². The fourth-order valence-electron chi connectivity index (χ4n) is 4.02. The smallest absolute Gasteiger partial charge is 0.421 e. The molecule has 5 nitrogen and oxygen atoms in total. The van der Waals surface area contributed by atoms with Crippen molar-refractivity contribution in [3.8, 4) is 5.75 Å². The van der Waals surface area contributed by atoms with Gasteiger partial charge in [0.05, 0.1) is 6.10 Å². The van der Waals surface area contributed by atoms with Crippen molar-refractivity contribution in [2.45, 2.75) is 58.2 Å². The Labute approximate surface area is 197 Å². The van der Waals surface area contributed by atoms with Gasteiger partial charge < -0.3 is 15.4 Å². The lowest BCUT2D eigenvalue weighted by molar-refractivity contribution is -0.137. The number of anilines is 4. The van der Waals surface area contributed by atoms with Crippen LogP contribution in [0.4, 0.5) is 36.3 Å². The van der Waals surface area contributed by atoms with E-state index in [2.05, 4.69) is 34.4 Å². The van der Waals surface area contributed by atoms with Gasteiger partial charge in [-0.05, 0) is 80.0 Å². The summed E-state index contributed by atoms with van der Waals surface area (Å²) < 4.78 is 46.7. The topological polar surface area (TPSA) is 59.1 Å². The number of hydrogen-bond donors (Lipinski definition) is 2. The first kappa shape index (κ1) is 23.9. The molecule has 8 heteroatoms. The fraction of sp³-hybridized carbons (Fsp3) is 0.385. The lowest BCUT2D eigenvalue weighted by Gasteiger charge is -2.16. The number of benzene rings is 2. The standard InChI is InChI=1S/C26H29F3N4O/c1-17(2)15-18-7-9-20(10-8-18)32-25-30-16-23(26(27,28)29)24(33-25)31-19-11-13-22(14-12-19)34-21-5-3-4-6-21/h7-14,16-17,21H,3-6,15H2,1-2H3,(H2,30,31,32,33). The van der Waals surface area contributed by atoms with Crippen LogP contribution in [0.5, 0.6) is 5.75 Å². The molecule has 0 amide bonds. The first-order valence-corrected chi connectivity index (χ1v) is 11.6. The Morgan fingerprint density at radius 3 is 2.18 bits per heavy atom. The maximum atomic E-state index is 13.6. The Morgan fingerprint density at radius 2 is 1.56 bits per heavy atom. The average Bonchev–Trinajstić information content (AvgIpc) is 3.29. The van der Waals surface area contributed by atoms with E-state index in [1.165, 1.54) is 5.56 Å². The minimum absolute atomic E-state index is 0.0771. The van der Waals surface area contributed by atoms with Crippen LogP contribution < -0.4 is 15.4 Å². The second kappa shape index (κ2) is 10.3. The SMILES string of the molecule is CC(C)Cc1ccc(Nc2ncc(C(F)(F)F)c(Nc3ccc(OC4CCCC4)cc3)n2)cc1. The summed E-state index contributed by atoms with van der Waals surface area (Å²) in [5.41, 5.74) is 1.44. The number of aromatic nitrogens is 2. The number of hydrogen-bond acceptors (Lipinski definition) is 5. The van der Waals surface area contributed by atoms with E-state index in [1.54, 1.807) is 24.3 Å². The summed E-state index contributed by atoms with van der Waals surface area (Å²) in [5, 5.41) is 5.78. The van der Waals surface area contributed by atoms with Crippen LogP contribution in [0.3, 0.4) is 0 Å². The number of alkyl halides is 3. The van der Waals surface area contributed by atoms with E-state index in [4.69, 9.17) is 4.74 Å². The highest BCUT2D eigenvalue weighted by Crippen LogP contribution is 2.35. The van der Waals surface area contributed by atoms with Crippen LogP contribution >= 0.6 is 0 Å². The second-order valence-corrected chi connectivity index (χ2v) is 9.05. The Kier molecular flexibility index (Phi) is 7.24. The molecule has 4 rings (SSSR count). The summed E-state index contributed by atoms with van der Waals surface area (Å²) in [6, 6.07) is 14.6. The van der Waals surface area contributed by atoms with E-state index in [1.807, 2.05) is 24.3 Å². The first-order chi connectivity index (χ1) is 16.3. The summed E-state index contributed by atoms with van der Waals surface area (Å²) in [4.78, 5) is 8.00. The molecule has 1 heterocycles. The van der Waals surface area contributed by atoms with Crippen LogP contribution in [0.1, 0.15) is 50.7 Å². The van der Waals surface area contributed by atoms with E-state index in [0.717, 1.165) is 38.3 Å². The van der Waals surface area contributed by atoms with Gasteiger partial charge in [0.1, 0.15) is 17.1 Å². The van der Waals surface area contributed by atoms with Crippen LogP contribution in [0.15, 0.2) is 54.7 Å². The molecule has 0 unspecified atom stereocenters. The second-order valence-electron chi connectivity index (χ2n) is 9.05. The Hall–Kier alpha value is -3.29. The van der Waals surface area contributed by atoms with Gasteiger partial charge in [-0.2, -0.15) is 18.2 Å². The van der Waals surface area contributed by atoms with Crippen molar-refractivity contribution in [1.29, 1.82) is 0 Å². The van der Waals surface area contributed by atoms with Crippen molar-refractivity contribution in [2.24, 2.45) is 5.92 Å². The zero-order chi connectivity index (χ0) is 24.1. The Morgan fingerprint density at radius 1 is 0.941 bits per heavy atom. The molecule has 180 valence electrons. The molecule has 1 aliphatic carbocycles. The van der Waals surface area contributed by atoms with E-state index < -0.39 is 11.7 Å². The van der Waals surface area contributed by atoms with Gasteiger partial charge >= 0.3 is 6.18 Å². The van der Waals surface area contributed by atoms with Crippen LogP contribution in [0.25, 0.3) is 0 Å². The van der Waals surface area contributed by atoms with E-state index >= 15 is 0 Å². The summed E-state index contributed by atoms with van der Waals surface area (Å²) in [7, 11) is 0. The molecule has 2 N–H and O–H groups in total. The zero-order valence-electron chi connectivity index (χ0n) is 19.3. The van der Waals surface area contributed by atoms with Crippen LogP contribution in [0, 0.1) is 5.92 Å². The highest BCUT2D eigenvalue weighted by molar-refractivity contribution is 5.63. The van der Waals surface area contributed by atoms with Gasteiger partial charge in [-0.3, -0.25) is 0 Å². The average molecular weight is 471 g/mol. The van der Waals surface area contributed by atoms with Gasteiger partial charge in [0.25, 0.3) is 0 Å². The minimum atomic E-state index is -4.59. The summed E-state index contributed by atoms with van der Waals surface area (Å²) in [5.74, 6) is 1.01. The van der Waals surface area contributed by atoms with Gasteiger partial charge in [-0.15, -0.1) is 0 Å². The zero-order valence-corrected chi connectivity index (χ0v) is 19.3. The molecule has 3 aromatic rings. The fourth-order valence-corrected chi connectivity index (χ4v) is 4.02. The molecule has 1 fully saturated rings. The van der Waals surface area contributed by atoms with E-state index in [-0.39, 0.29) is 17.9 Å². The normalized spacial score (nSPS) is 14.4. The molecule has 1 aliphatic rings. The lowest BCUT2D eigenvalue weighted by atomic mass is 10.0. The Balaban J connectivity index is 1.50. The molecule has 1 saturated carbocycles. The van der Waals surface area contributed by atoms with Gasteiger partial charge in [-0.1, -0.05) is 26.0 Å². The molecule has 0 bridgehead atoms. The summed E-state index contributed by atoms with van der Waals surface area (Å²) in [6.07, 6.45) is 1.76. The maximum absolute atomic E-state index is 13.6. The highest BCUT2D eigenvalue weighted by Gasteiger charge is 2.35. The maximum Gasteiger partial charge on any atom is 0.421 e. The minimum Gasteiger partial charge on any atom is -0.490 e. The van der Waals surface area contributed by atoms with Crippen LogP contribution in [-0.2, 0) is 12.6 Å². The van der Waals surface area contributed by atoms with Crippen molar-refractivity contribution in [3.63, 3.8) is 0 Å². The highest BCUT2D eigenvalue weighted by atomic mass is 19.4. The number of halogens is 3. The van der Waals surface area contributed by atoms with Crippen LogP contribution in [-0.4, -0.2) is 16.1 Å². The third-order valence-electron chi connectivity index (χ3n) is 5.67. The number of ether oxygens (including phenoxy) is 1. The molecule has 1 aromatic heterocycles. The van der Waals surface area contributed by atoms with Gasteiger partial charge in [0, 0.05) is 17.6 Å². The molecular formula is C26H29F3N4O. The number of rotatable bonds is 8. The van der Waals surface area contributed by atoms with Crippen LogP contribution in [0.2, 0.25) is 0 Å². The monoisotopic (exact) mass is 470 g/mol. The summed E-state index contributed by atoms with van der Waals surface area (Å²) in [6.45, 7) is 4.29. The van der Waals surface area contributed by atoms with Gasteiger partial charge in [-0.25, -0.2) is 4.98 Å². The number of nitrogens with zero attached hydrogens (tertiary/aromatic N) is 2. The van der Waals surface area contributed by atoms with Crippen molar-refractivity contribution in [2.75, 3.05) is 10.6 Å². The van der Waals surface area contributed by atoms with Crippen molar-refractivity contribution < 1.29 is 17.9 Å². The molecule has 0 radical (unpaired) electrons. The molecular weight excluding hydrogens is 441 g/mol. The van der Waals surface area contributed by atoms with Gasteiger partial charge in [0.15, 0.2) is 0 Å². The number of nitrogens with one attached hydrogen (secondary N) is 2. The molecule has 0 aliphatic heterocycles. The Bertz CT molecular complexity index is 1080. The van der Waals surface area contributed by atoms with E-state index in [0.29, 0.717) is 23.0 Å². The predicted octanol–water partition coefficient (Wildman–Crippen LogP) is 7.50. The molecule has 0 atom stereocenters. The van der Waals surface area contributed by atoms with Gasteiger partial charge in [0.2, 0.25) is 5.95 Å². The predicted molar refractivity (Wildman–Crippen MR) is 128 cm³/mol.